The Balaban J connectivity index is 2.42. The number of nitrogens with zero attached hydrogens (tertiary/aromatic N) is 1. The highest BCUT2D eigenvalue weighted by atomic mass is 15.1. The molecule has 0 amide bonds. The Morgan fingerprint density at radius 2 is 2.47 bits per heavy atom. The first-order valence-electron chi connectivity index (χ1n) is 6.04. The Bertz CT molecular complexity index is 360. The predicted molar refractivity (Wildman–Crippen MR) is 71.2 cm³/mol. The van der Waals surface area contributed by atoms with Crippen LogP contribution in [0, 0.1) is 17.2 Å². The molecule has 92 valence electrons. The van der Waals surface area contributed by atoms with Crippen molar-refractivity contribution in [3.05, 3.63) is 36.0 Å². The summed E-state index contributed by atoms with van der Waals surface area (Å²) in [6.07, 6.45) is 8.61. The van der Waals surface area contributed by atoms with Crippen molar-refractivity contribution in [2.45, 2.75) is 25.9 Å². The van der Waals surface area contributed by atoms with Crippen molar-refractivity contribution in [2.75, 3.05) is 13.6 Å². The molecule has 2 atom stereocenters. The van der Waals surface area contributed by atoms with Crippen molar-refractivity contribution in [1.82, 2.24) is 10.6 Å². The van der Waals surface area contributed by atoms with Crippen LogP contribution in [0.1, 0.15) is 19.8 Å². The maximum absolute atomic E-state index is 8.62. The lowest BCUT2D eigenvalue weighted by Crippen LogP contribution is -2.42. The Morgan fingerprint density at radius 1 is 1.71 bits per heavy atom. The van der Waals surface area contributed by atoms with Crippen LogP contribution in [0.3, 0.4) is 0 Å². The molecule has 1 rings (SSSR count). The second-order valence-electron chi connectivity index (χ2n) is 4.42. The lowest BCUT2D eigenvalue weighted by atomic mass is 9.97. The highest BCUT2D eigenvalue weighted by Gasteiger charge is 2.12. The summed E-state index contributed by atoms with van der Waals surface area (Å²) < 4.78 is 0. The van der Waals surface area contributed by atoms with E-state index in [1.165, 1.54) is 5.57 Å². The lowest BCUT2D eigenvalue weighted by Gasteiger charge is -2.22. The van der Waals surface area contributed by atoms with E-state index in [4.69, 9.17) is 5.26 Å². The van der Waals surface area contributed by atoms with Gasteiger partial charge in [0.25, 0.3) is 0 Å². The predicted octanol–water partition coefficient (Wildman–Crippen LogP) is 2.11. The molecule has 0 radical (unpaired) electrons. The van der Waals surface area contributed by atoms with Gasteiger partial charge in [-0.15, -0.1) is 0 Å². The minimum atomic E-state index is 0.158. The Hall–Kier alpha value is -1.37. The van der Waals surface area contributed by atoms with Gasteiger partial charge in [0.1, 0.15) is 0 Å². The quantitative estimate of drug-likeness (QED) is 0.544. The fourth-order valence-electron chi connectivity index (χ4n) is 1.77. The van der Waals surface area contributed by atoms with Crippen LogP contribution in [0.25, 0.3) is 0 Å². The minimum absolute atomic E-state index is 0.158. The molecule has 2 unspecified atom stereocenters. The first-order valence-corrected chi connectivity index (χ1v) is 6.04. The standard InChI is InChI=1S/C14H21N3/c1-11-4-6-13(7-5-11)14(16-3)17-9-8-12(2)10-15/h4,6-7,11,14,16-17H,2,5,8-9H2,1,3H3. The van der Waals surface area contributed by atoms with Gasteiger partial charge in [-0.25, -0.2) is 0 Å². The highest BCUT2D eigenvalue weighted by molar-refractivity contribution is 5.28. The zero-order valence-electron chi connectivity index (χ0n) is 10.7. The van der Waals surface area contributed by atoms with Gasteiger partial charge in [0.15, 0.2) is 0 Å². The third-order valence-electron chi connectivity index (χ3n) is 2.90. The molecule has 1 aliphatic carbocycles. The van der Waals surface area contributed by atoms with Gasteiger partial charge in [-0.05, 0) is 31.4 Å². The molecule has 2 N–H and O–H groups in total. The molecule has 0 aromatic carbocycles. The number of hydrogen-bond acceptors (Lipinski definition) is 3. The van der Waals surface area contributed by atoms with Crippen LogP contribution < -0.4 is 10.6 Å². The van der Waals surface area contributed by atoms with E-state index in [-0.39, 0.29) is 6.17 Å². The maximum atomic E-state index is 8.62. The molecule has 3 heteroatoms. The molecular weight excluding hydrogens is 210 g/mol. The summed E-state index contributed by atoms with van der Waals surface area (Å²) in [5.74, 6) is 0.634. The average molecular weight is 231 g/mol. The van der Waals surface area contributed by atoms with Gasteiger partial charge >= 0.3 is 0 Å². The van der Waals surface area contributed by atoms with E-state index in [0.717, 1.165) is 13.0 Å². The van der Waals surface area contributed by atoms with Gasteiger partial charge in [-0.2, -0.15) is 5.26 Å². The summed E-state index contributed by atoms with van der Waals surface area (Å²) in [6.45, 7) is 6.64. The topological polar surface area (TPSA) is 47.9 Å². The van der Waals surface area contributed by atoms with Crippen molar-refractivity contribution in [3.8, 4) is 6.07 Å². The largest absolute Gasteiger partial charge is 0.301 e. The monoisotopic (exact) mass is 231 g/mol. The molecule has 0 saturated heterocycles. The van der Waals surface area contributed by atoms with Gasteiger partial charge in [-0.1, -0.05) is 31.7 Å². The van der Waals surface area contributed by atoms with Gasteiger partial charge in [0.2, 0.25) is 0 Å². The molecule has 0 aliphatic heterocycles. The minimum Gasteiger partial charge on any atom is -0.301 e. The molecule has 0 saturated carbocycles. The van der Waals surface area contributed by atoms with Gasteiger partial charge in [-0.3, -0.25) is 5.32 Å². The Labute approximate surface area is 104 Å². The highest BCUT2D eigenvalue weighted by Crippen LogP contribution is 2.17. The molecule has 0 fully saturated rings. The summed E-state index contributed by atoms with van der Waals surface area (Å²) in [7, 11) is 1.93. The summed E-state index contributed by atoms with van der Waals surface area (Å²) in [5.41, 5.74) is 1.89. The molecule has 0 bridgehead atoms. The fraction of sp³-hybridized carbons (Fsp3) is 0.500. The van der Waals surface area contributed by atoms with Gasteiger partial charge < -0.3 is 5.32 Å². The van der Waals surface area contributed by atoms with Crippen molar-refractivity contribution in [2.24, 2.45) is 5.92 Å². The maximum Gasteiger partial charge on any atom is 0.0941 e. The van der Waals surface area contributed by atoms with Crippen LogP contribution in [-0.2, 0) is 0 Å². The number of likely N-dealkylation sites (N-methyl/N-ethyl adjacent to an activating group) is 1. The molecular formula is C14H21N3. The van der Waals surface area contributed by atoms with Crippen LogP contribution in [0.5, 0.6) is 0 Å². The van der Waals surface area contributed by atoms with E-state index in [2.05, 4.69) is 48.4 Å². The van der Waals surface area contributed by atoms with Crippen molar-refractivity contribution in [1.29, 1.82) is 5.26 Å². The summed E-state index contributed by atoms with van der Waals surface area (Å²) in [4.78, 5) is 0. The molecule has 0 spiro atoms. The molecule has 0 aromatic heterocycles. The van der Waals surface area contributed by atoms with E-state index < -0.39 is 0 Å². The van der Waals surface area contributed by atoms with Crippen LogP contribution in [0.2, 0.25) is 0 Å². The number of nitriles is 1. The zero-order chi connectivity index (χ0) is 12.7. The fourth-order valence-corrected chi connectivity index (χ4v) is 1.77. The van der Waals surface area contributed by atoms with Gasteiger partial charge in [0.05, 0.1) is 12.2 Å². The summed E-state index contributed by atoms with van der Waals surface area (Å²) in [6, 6.07) is 2.06. The first-order chi connectivity index (χ1) is 8.17. The zero-order valence-corrected chi connectivity index (χ0v) is 10.7. The second kappa shape index (κ2) is 7.05. The second-order valence-corrected chi connectivity index (χ2v) is 4.42. The van der Waals surface area contributed by atoms with Crippen LogP contribution in [0.4, 0.5) is 0 Å². The Morgan fingerprint density at radius 3 is 3.00 bits per heavy atom. The van der Waals surface area contributed by atoms with E-state index in [1.807, 2.05) is 7.05 Å². The first kappa shape index (κ1) is 13.7. The molecule has 0 aromatic rings. The van der Waals surface area contributed by atoms with Crippen molar-refractivity contribution < 1.29 is 0 Å². The SMILES string of the molecule is C=C(C#N)CCNC(NC)C1=CCC(C)C=C1. The van der Waals surface area contributed by atoms with Crippen LogP contribution >= 0.6 is 0 Å². The summed E-state index contributed by atoms with van der Waals surface area (Å²) in [5, 5.41) is 15.2. The van der Waals surface area contributed by atoms with Crippen molar-refractivity contribution >= 4 is 0 Å². The lowest BCUT2D eigenvalue weighted by molar-refractivity contribution is 0.515. The van der Waals surface area contributed by atoms with Gasteiger partial charge in [0, 0.05) is 12.1 Å². The van der Waals surface area contributed by atoms with E-state index in [1.54, 1.807) is 0 Å². The van der Waals surface area contributed by atoms with E-state index >= 15 is 0 Å². The summed E-state index contributed by atoms with van der Waals surface area (Å²) >= 11 is 0. The smallest absolute Gasteiger partial charge is 0.0941 e. The number of nitrogens with one attached hydrogen (secondary N) is 2. The number of rotatable bonds is 6. The van der Waals surface area contributed by atoms with Crippen molar-refractivity contribution in [3.63, 3.8) is 0 Å². The number of hydrogen-bond donors (Lipinski definition) is 2. The van der Waals surface area contributed by atoms with Crippen LogP contribution in [0.15, 0.2) is 36.0 Å². The van der Waals surface area contributed by atoms with Crippen LogP contribution in [-0.4, -0.2) is 19.8 Å². The molecule has 17 heavy (non-hydrogen) atoms. The molecule has 3 nitrogen and oxygen atoms in total. The average Bonchev–Trinajstić information content (AvgIpc) is 2.35. The third-order valence-corrected chi connectivity index (χ3v) is 2.90. The number of allylic oxidation sites excluding steroid dienone is 2. The normalized spacial score (nSPS) is 20.5. The molecule has 1 aliphatic rings. The third kappa shape index (κ3) is 4.56. The van der Waals surface area contributed by atoms with E-state index in [0.29, 0.717) is 17.9 Å². The molecule has 0 heterocycles. The Kier molecular flexibility index (Phi) is 5.68. The van der Waals surface area contributed by atoms with E-state index in [9.17, 15) is 0 Å².